The summed E-state index contributed by atoms with van der Waals surface area (Å²) in [5.74, 6) is -1.88. The van der Waals surface area contributed by atoms with E-state index in [0.29, 0.717) is 5.56 Å². The molecule has 4 rings (SSSR count). The molecule has 0 saturated heterocycles. The Balaban J connectivity index is 2.05. The van der Waals surface area contributed by atoms with Crippen molar-refractivity contribution in [3.05, 3.63) is 131 Å². The van der Waals surface area contributed by atoms with Crippen LogP contribution in [0.5, 0.6) is 11.5 Å². The van der Waals surface area contributed by atoms with Crippen LogP contribution in [0, 0.1) is 0 Å². The minimum atomic E-state index is -5.03. The Morgan fingerprint density at radius 3 is 1.62 bits per heavy atom. The number of nitrogens with one attached hydrogen (secondary N) is 1. The molecule has 1 amide bonds. The fraction of sp³-hybridized carbons (Fsp3) is 0.194. The van der Waals surface area contributed by atoms with Gasteiger partial charge >= 0.3 is 12.7 Å². The number of amides is 1. The first-order chi connectivity index (χ1) is 19.9. The molecule has 0 saturated carbocycles. The van der Waals surface area contributed by atoms with E-state index in [1.807, 2.05) is 0 Å². The molecule has 0 spiro atoms. The zero-order valence-corrected chi connectivity index (χ0v) is 22.1. The molecular weight excluding hydrogens is 564 g/mol. The smallest absolute Gasteiger partial charge is 0.406 e. The van der Waals surface area contributed by atoms with Crippen molar-refractivity contribution < 1.29 is 45.3 Å². The second-order valence-corrected chi connectivity index (χ2v) is 9.03. The average molecular weight is 590 g/mol. The zero-order valence-electron chi connectivity index (χ0n) is 22.1. The molecule has 0 radical (unpaired) electrons. The van der Waals surface area contributed by atoms with Gasteiger partial charge in [0.25, 0.3) is 5.91 Å². The molecule has 0 bridgehead atoms. The maximum absolute atomic E-state index is 13.8. The van der Waals surface area contributed by atoms with Crippen LogP contribution < -0.4 is 14.8 Å². The maximum atomic E-state index is 13.8. The Bertz CT molecular complexity index is 1420. The summed E-state index contributed by atoms with van der Waals surface area (Å²) in [7, 11) is 0. The van der Waals surface area contributed by atoms with E-state index in [4.69, 9.17) is 4.74 Å². The van der Waals surface area contributed by atoms with E-state index in [1.54, 1.807) is 55.5 Å². The zero-order chi connectivity index (χ0) is 30.4. The number of hydrogen-bond acceptors (Lipinski definition) is 4. The lowest BCUT2D eigenvalue weighted by Gasteiger charge is -2.42. The van der Waals surface area contributed by atoms with Gasteiger partial charge in [-0.05, 0) is 60.0 Å². The van der Waals surface area contributed by atoms with Crippen LogP contribution in [0.1, 0.15) is 40.1 Å². The molecule has 1 atom stereocenters. The van der Waals surface area contributed by atoms with Crippen molar-refractivity contribution in [1.82, 2.24) is 5.32 Å². The Hall–Kier alpha value is -4.51. The van der Waals surface area contributed by atoms with Crippen LogP contribution in [0.2, 0.25) is 0 Å². The fourth-order valence-corrected chi connectivity index (χ4v) is 4.66. The first-order valence-electron chi connectivity index (χ1n) is 12.7. The van der Waals surface area contributed by atoms with E-state index in [0.717, 1.165) is 24.3 Å². The van der Waals surface area contributed by atoms with E-state index < -0.39 is 41.8 Å². The molecule has 220 valence electrons. The number of rotatable bonds is 10. The van der Waals surface area contributed by atoms with Crippen LogP contribution in [0.15, 0.2) is 109 Å². The normalized spacial score (nSPS) is 12.8. The SMILES string of the molecule is CCOC(c1ccccc1)C(NC(=O)c1ccccc1)(c1cccc(OC(F)(F)F)c1)c1cccc(OC(F)(F)F)c1. The van der Waals surface area contributed by atoms with E-state index in [2.05, 4.69) is 14.8 Å². The molecule has 0 heterocycles. The summed E-state index contributed by atoms with van der Waals surface area (Å²) in [4.78, 5) is 13.8. The van der Waals surface area contributed by atoms with Crippen LogP contribution in [0.4, 0.5) is 26.3 Å². The highest BCUT2D eigenvalue weighted by Crippen LogP contribution is 2.46. The van der Waals surface area contributed by atoms with Gasteiger partial charge in [-0.1, -0.05) is 72.8 Å². The highest BCUT2D eigenvalue weighted by atomic mass is 19.4. The summed E-state index contributed by atoms with van der Waals surface area (Å²) >= 11 is 0. The van der Waals surface area contributed by atoms with Gasteiger partial charge in [-0.3, -0.25) is 4.79 Å². The van der Waals surface area contributed by atoms with Crippen molar-refractivity contribution in [2.75, 3.05) is 6.61 Å². The predicted molar refractivity (Wildman–Crippen MR) is 142 cm³/mol. The lowest BCUT2D eigenvalue weighted by molar-refractivity contribution is -0.275. The number of alkyl halides is 6. The summed E-state index contributed by atoms with van der Waals surface area (Å²) in [6.07, 6.45) is -11.2. The van der Waals surface area contributed by atoms with Crippen molar-refractivity contribution in [1.29, 1.82) is 0 Å². The van der Waals surface area contributed by atoms with Gasteiger partial charge in [0.05, 0.1) is 0 Å². The van der Waals surface area contributed by atoms with Crippen LogP contribution in [0.25, 0.3) is 0 Å². The van der Waals surface area contributed by atoms with Crippen molar-refractivity contribution in [3.8, 4) is 11.5 Å². The molecule has 0 aliphatic carbocycles. The van der Waals surface area contributed by atoms with E-state index >= 15 is 0 Å². The molecule has 1 unspecified atom stereocenters. The first-order valence-corrected chi connectivity index (χ1v) is 12.7. The average Bonchev–Trinajstić information content (AvgIpc) is 2.94. The van der Waals surface area contributed by atoms with Gasteiger partial charge in [0.2, 0.25) is 0 Å². The molecule has 0 fully saturated rings. The van der Waals surface area contributed by atoms with E-state index in [-0.39, 0.29) is 23.3 Å². The molecule has 0 aromatic heterocycles. The molecule has 0 aliphatic rings. The molecule has 0 aliphatic heterocycles. The van der Waals surface area contributed by atoms with E-state index in [1.165, 1.54) is 36.4 Å². The summed E-state index contributed by atoms with van der Waals surface area (Å²) in [6.45, 7) is 1.74. The second-order valence-electron chi connectivity index (χ2n) is 9.03. The Morgan fingerprint density at radius 1 is 0.690 bits per heavy atom. The van der Waals surface area contributed by atoms with Gasteiger partial charge in [0.15, 0.2) is 0 Å². The van der Waals surface area contributed by atoms with Crippen molar-refractivity contribution in [2.24, 2.45) is 0 Å². The molecule has 42 heavy (non-hydrogen) atoms. The summed E-state index contributed by atoms with van der Waals surface area (Å²) < 4.78 is 94.0. The molecule has 1 N–H and O–H groups in total. The minimum absolute atomic E-state index is 0.0417. The number of ether oxygens (including phenoxy) is 3. The van der Waals surface area contributed by atoms with Gasteiger partial charge in [0, 0.05) is 12.2 Å². The molecule has 5 nitrogen and oxygen atoms in total. The van der Waals surface area contributed by atoms with Crippen LogP contribution >= 0.6 is 0 Å². The van der Waals surface area contributed by atoms with Crippen molar-refractivity contribution >= 4 is 5.91 Å². The number of carbonyl (C=O) groups excluding carboxylic acids is 1. The molecule has 4 aromatic carbocycles. The molecule has 4 aromatic rings. The lowest BCUT2D eigenvalue weighted by atomic mass is 9.75. The molecule has 11 heteroatoms. The third kappa shape index (κ3) is 7.41. The van der Waals surface area contributed by atoms with E-state index in [9.17, 15) is 31.1 Å². The second kappa shape index (κ2) is 12.6. The molecular formula is C31H25F6NO4. The van der Waals surface area contributed by atoms with Gasteiger partial charge in [-0.15, -0.1) is 26.3 Å². The maximum Gasteiger partial charge on any atom is 0.573 e. The summed E-state index contributed by atoms with van der Waals surface area (Å²) in [5, 5.41) is 2.91. The summed E-state index contributed by atoms with van der Waals surface area (Å²) in [6, 6.07) is 26.1. The van der Waals surface area contributed by atoms with Gasteiger partial charge in [-0.2, -0.15) is 0 Å². The Morgan fingerprint density at radius 2 is 1.17 bits per heavy atom. The fourth-order valence-electron chi connectivity index (χ4n) is 4.66. The third-order valence-corrected chi connectivity index (χ3v) is 6.22. The van der Waals surface area contributed by atoms with Crippen molar-refractivity contribution in [3.63, 3.8) is 0 Å². The first kappa shape index (κ1) is 30.4. The summed E-state index contributed by atoms with van der Waals surface area (Å²) in [5.41, 5.74) is -1.15. The number of carbonyl (C=O) groups is 1. The van der Waals surface area contributed by atoms with Crippen LogP contribution in [0.3, 0.4) is 0 Å². The van der Waals surface area contributed by atoms with Gasteiger partial charge in [-0.25, -0.2) is 0 Å². The van der Waals surface area contributed by atoms with Gasteiger partial charge < -0.3 is 19.5 Å². The van der Waals surface area contributed by atoms with Gasteiger partial charge in [0.1, 0.15) is 23.1 Å². The highest BCUT2D eigenvalue weighted by Gasteiger charge is 2.46. The lowest BCUT2D eigenvalue weighted by Crippen LogP contribution is -2.52. The van der Waals surface area contributed by atoms with Crippen molar-refractivity contribution in [2.45, 2.75) is 31.3 Å². The minimum Gasteiger partial charge on any atom is -0.406 e. The quantitative estimate of drug-likeness (QED) is 0.191. The Kier molecular flexibility index (Phi) is 9.11. The monoisotopic (exact) mass is 589 g/mol. The largest absolute Gasteiger partial charge is 0.573 e. The number of hydrogen-bond donors (Lipinski definition) is 1. The Labute approximate surface area is 237 Å². The van der Waals surface area contributed by atoms with Crippen LogP contribution in [-0.4, -0.2) is 25.2 Å². The number of benzene rings is 4. The highest BCUT2D eigenvalue weighted by molar-refractivity contribution is 5.95. The van der Waals surface area contributed by atoms with Crippen LogP contribution in [-0.2, 0) is 10.3 Å². The predicted octanol–water partition coefficient (Wildman–Crippen LogP) is 7.94. The number of halogens is 6. The third-order valence-electron chi connectivity index (χ3n) is 6.22. The topological polar surface area (TPSA) is 56.8 Å². The standard InChI is InChI=1S/C31H25F6NO4/c1-2-40-27(21-11-5-3-6-12-21)29(38-28(39)22-13-7-4-8-14-22,23-15-9-17-25(19-23)41-30(32,33)34)24-16-10-18-26(20-24)42-31(35,36)37/h3-20,27H,2H2,1H3,(H,38,39).